The highest BCUT2D eigenvalue weighted by molar-refractivity contribution is 6.42. The third kappa shape index (κ3) is 2.63. The summed E-state index contributed by atoms with van der Waals surface area (Å²) in [6, 6.07) is 4.93. The number of rotatable bonds is 2. The van der Waals surface area contributed by atoms with E-state index in [4.69, 9.17) is 27.9 Å². The lowest BCUT2D eigenvalue weighted by atomic mass is 10.2. The number of hydrogen-bond donors (Lipinski definition) is 0. The summed E-state index contributed by atoms with van der Waals surface area (Å²) in [4.78, 5) is 15.6. The third-order valence-electron chi connectivity index (χ3n) is 2.23. The Bertz CT molecular complexity index is 589. The van der Waals surface area contributed by atoms with Gasteiger partial charge >= 0.3 is 5.97 Å². The maximum Gasteiger partial charge on any atom is 0.363 e. The summed E-state index contributed by atoms with van der Waals surface area (Å²) in [6.45, 7) is 1.85. The van der Waals surface area contributed by atoms with Gasteiger partial charge in [0, 0.05) is 5.56 Å². The molecule has 0 bridgehead atoms. The van der Waals surface area contributed by atoms with E-state index in [1.807, 2.05) is 6.92 Å². The SMILES string of the molecule is CC=CC=C1N=C(c2ccc(Cl)c(Cl)c2)OC1=O. The molecule has 0 unspecified atom stereocenters. The minimum absolute atomic E-state index is 0.231. The molecule has 0 fully saturated rings. The zero-order valence-corrected chi connectivity index (χ0v) is 11.0. The van der Waals surface area contributed by atoms with Crippen molar-refractivity contribution in [2.45, 2.75) is 6.92 Å². The van der Waals surface area contributed by atoms with Gasteiger partial charge in [0.1, 0.15) is 0 Å². The van der Waals surface area contributed by atoms with E-state index in [0.717, 1.165) is 0 Å². The minimum Gasteiger partial charge on any atom is -0.402 e. The van der Waals surface area contributed by atoms with E-state index < -0.39 is 5.97 Å². The van der Waals surface area contributed by atoms with Gasteiger partial charge in [0.05, 0.1) is 10.0 Å². The van der Waals surface area contributed by atoms with Crippen molar-refractivity contribution in [3.8, 4) is 0 Å². The fraction of sp³-hybridized carbons (Fsp3) is 0.0769. The second-order valence-electron chi connectivity index (χ2n) is 3.51. The van der Waals surface area contributed by atoms with E-state index in [-0.39, 0.29) is 11.6 Å². The van der Waals surface area contributed by atoms with Crippen LogP contribution in [0.1, 0.15) is 12.5 Å². The summed E-state index contributed by atoms with van der Waals surface area (Å²) in [6.07, 6.45) is 5.11. The van der Waals surface area contributed by atoms with Gasteiger partial charge in [-0.3, -0.25) is 0 Å². The van der Waals surface area contributed by atoms with Crippen LogP contribution in [0.5, 0.6) is 0 Å². The number of hydrogen-bond acceptors (Lipinski definition) is 3. The van der Waals surface area contributed by atoms with Crippen molar-refractivity contribution in [2.75, 3.05) is 0 Å². The summed E-state index contributed by atoms with van der Waals surface area (Å²) in [7, 11) is 0. The molecule has 0 spiro atoms. The average Bonchev–Trinajstić information content (AvgIpc) is 2.72. The standard InChI is InChI=1S/C13H9Cl2NO2/c1-2-3-4-11-13(17)18-12(16-11)8-5-6-9(14)10(15)7-8/h2-7H,1H3. The second kappa shape index (κ2) is 5.38. The highest BCUT2D eigenvalue weighted by Crippen LogP contribution is 2.25. The lowest BCUT2D eigenvalue weighted by molar-refractivity contribution is -0.130. The van der Waals surface area contributed by atoms with E-state index in [9.17, 15) is 4.79 Å². The molecule has 1 aromatic carbocycles. The van der Waals surface area contributed by atoms with Gasteiger partial charge in [-0.1, -0.05) is 35.4 Å². The molecule has 1 aliphatic heterocycles. The smallest absolute Gasteiger partial charge is 0.363 e. The Kier molecular flexibility index (Phi) is 3.84. The molecule has 0 aliphatic carbocycles. The number of carbonyl (C=O) groups is 1. The van der Waals surface area contributed by atoms with Gasteiger partial charge in [0.15, 0.2) is 5.70 Å². The number of benzene rings is 1. The highest BCUT2D eigenvalue weighted by atomic mass is 35.5. The summed E-state index contributed by atoms with van der Waals surface area (Å²) < 4.78 is 5.06. The van der Waals surface area contributed by atoms with Crippen molar-refractivity contribution in [1.82, 2.24) is 0 Å². The van der Waals surface area contributed by atoms with Gasteiger partial charge in [0.2, 0.25) is 5.90 Å². The Hall–Kier alpha value is -1.58. The zero-order valence-electron chi connectivity index (χ0n) is 9.48. The van der Waals surface area contributed by atoms with Crippen molar-refractivity contribution in [2.24, 2.45) is 4.99 Å². The van der Waals surface area contributed by atoms with E-state index in [1.54, 1.807) is 36.4 Å². The molecule has 1 heterocycles. The molecule has 0 aromatic heterocycles. The van der Waals surface area contributed by atoms with Gasteiger partial charge < -0.3 is 4.74 Å². The second-order valence-corrected chi connectivity index (χ2v) is 4.33. The number of halogens is 2. The first-order chi connectivity index (χ1) is 8.61. The van der Waals surface area contributed by atoms with Crippen LogP contribution in [-0.2, 0) is 9.53 Å². The van der Waals surface area contributed by atoms with Crippen LogP contribution in [0.4, 0.5) is 0 Å². The van der Waals surface area contributed by atoms with Gasteiger partial charge in [-0.2, -0.15) is 0 Å². The van der Waals surface area contributed by atoms with E-state index in [2.05, 4.69) is 4.99 Å². The lowest BCUT2D eigenvalue weighted by Crippen LogP contribution is -2.05. The number of cyclic esters (lactones) is 1. The number of ether oxygens (including phenoxy) is 1. The van der Waals surface area contributed by atoms with Crippen LogP contribution in [-0.4, -0.2) is 11.9 Å². The fourth-order valence-electron chi connectivity index (χ4n) is 1.36. The Labute approximate surface area is 114 Å². The predicted molar refractivity (Wildman–Crippen MR) is 72.0 cm³/mol. The molecule has 1 aliphatic rings. The number of carbonyl (C=O) groups excluding carboxylic acids is 1. The van der Waals surface area contributed by atoms with Crippen molar-refractivity contribution < 1.29 is 9.53 Å². The lowest BCUT2D eigenvalue weighted by Gasteiger charge is -2.01. The van der Waals surface area contributed by atoms with Gasteiger partial charge in [-0.05, 0) is 31.2 Å². The fourth-order valence-corrected chi connectivity index (χ4v) is 1.66. The van der Waals surface area contributed by atoms with Crippen molar-refractivity contribution in [1.29, 1.82) is 0 Å². The van der Waals surface area contributed by atoms with Crippen molar-refractivity contribution >= 4 is 35.1 Å². The maximum absolute atomic E-state index is 11.5. The molecule has 0 N–H and O–H groups in total. The summed E-state index contributed by atoms with van der Waals surface area (Å²) in [5.74, 6) is -0.247. The molecule has 18 heavy (non-hydrogen) atoms. The molecule has 92 valence electrons. The largest absolute Gasteiger partial charge is 0.402 e. The summed E-state index contributed by atoms with van der Waals surface area (Å²) in [5, 5.41) is 0.828. The Morgan fingerprint density at radius 3 is 2.72 bits per heavy atom. The molecule has 5 heteroatoms. The van der Waals surface area contributed by atoms with Crippen LogP contribution in [0, 0.1) is 0 Å². The van der Waals surface area contributed by atoms with Gasteiger partial charge in [0.25, 0.3) is 0 Å². The first-order valence-corrected chi connectivity index (χ1v) is 5.96. The normalized spacial score (nSPS) is 17.4. The molecule has 0 saturated heterocycles. The third-order valence-corrected chi connectivity index (χ3v) is 2.97. The Balaban J connectivity index is 2.35. The first-order valence-electron chi connectivity index (χ1n) is 5.21. The molecule has 0 saturated carbocycles. The predicted octanol–water partition coefficient (Wildman–Crippen LogP) is 3.76. The van der Waals surface area contributed by atoms with Crippen LogP contribution < -0.4 is 0 Å². The van der Waals surface area contributed by atoms with Crippen LogP contribution in [0.25, 0.3) is 0 Å². The van der Waals surface area contributed by atoms with Crippen LogP contribution in [0.3, 0.4) is 0 Å². The van der Waals surface area contributed by atoms with Crippen LogP contribution >= 0.6 is 23.2 Å². The van der Waals surface area contributed by atoms with Crippen LogP contribution in [0.2, 0.25) is 10.0 Å². The molecular weight excluding hydrogens is 273 g/mol. The molecule has 2 rings (SSSR count). The average molecular weight is 282 g/mol. The number of nitrogens with zero attached hydrogens (tertiary/aromatic N) is 1. The highest BCUT2D eigenvalue weighted by Gasteiger charge is 2.23. The number of esters is 1. The van der Waals surface area contributed by atoms with E-state index in [1.165, 1.54) is 0 Å². The molecule has 0 radical (unpaired) electrons. The van der Waals surface area contributed by atoms with Crippen molar-refractivity contribution in [3.05, 3.63) is 57.7 Å². The number of aliphatic imine (C=N–C) groups is 1. The monoisotopic (exact) mass is 281 g/mol. The first kappa shape index (κ1) is 12.9. The van der Waals surface area contributed by atoms with Crippen LogP contribution in [0.15, 0.2) is 47.1 Å². The Morgan fingerprint density at radius 2 is 2.06 bits per heavy atom. The zero-order chi connectivity index (χ0) is 13.1. The number of allylic oxidation sites excluding steroid dienone is 3. The molecule has 1 aromatic rings. The minimum atomic E-state index is -0.478. The quantitative estimate of drug-likeness (QED) is 0.612. The van der Waals surface area contributed by atoms with Gasteiger partial charge in [-0.25, -0.2) is 9.79 Å². The Morgan fingerprint density at radius 1 is 1.28 bits per heavy atom. The summed E-state index contributed by atoms with van der Waals surface area (Å²) >= 11 is 11.7. The molecule has 3 nitrogen and oxygen atoms in total. The van der Waals surface area contributed by atoms with Crippen molar-refractivity contribution in [3.63, 3.8) is 0 Å². The topological polar surface area (TPSA) is 38.7 Å². The van der Waals surface area contributed by atoms with E-state index in [0.29, 0.717) is 15.6 Å². The summed E-state index contributed by atoms with van der Waals surface area (Å²) in [5.41, 5.74) is 0.871. The molecule has 0 amide bonds. The van der Waals surface area contributed by atoms with E-state index >= 15 is 0 Å². The molecule has 0 atom stereocenters. The maximum atomic E-state index is 11.5. The van der Waals surface area contributed by atoms with Gasteiger partial charge in [-0.15, -0.1) is 0 Å². The molecular formula is C13H9Cl2NO2.